The zero-order chi connectivity index (χ0) is 16.2. The van der Waals surface area contributed by atoms with Crippen LogP contribution in [0.4, 0.5) is 0 Å². The standard InChI is InChI=1S/C17H22N4O2/c1-13-11-19-16(12-23-2)21(13)15-5-9-20(10-6-15)17(22)14-3-7-18-8-4-14/h3-4,7-8,11,15H,5-6,9-10,12H2,1-2H3. The second-order valence-corrected chi connectivity index (χ2v) is 5.88. The molecule has 6 heteroatoms. The fraction of sp³-hybridized carbons (Fsp3) is 0.471. The third kappa shape index (κ3) is 3.27. The molecule has 1 aliphatic rings. The predicted octanol–water partition coefficient (Wildman–Crippen LogP) is 2.21. The van der Waals surface area contributed by atoms with Gasteiger partial charge < -0.3 is 14.2 Å². The Balaban J connectivity index is 1.67. The van der Waals surface area contributed by atoms with E-state index in [4.69, 9.17) is 4.74 Å². The normalized spacial score (nSPS) is 15.8. The Hall–Kier alpha value is -2.21. The van der Waals surface area contributed by atoms with Gasteiger partial charge in [-0.1, -0.05) is 0 Å². The van der Waals surface area contributed by atoms with Gasteiger partial charge in [-0.15, -0.1) is 0 Å². The lowest BCUT2D eigenvalue weighted by Gasteiger charge is -2.34. The van der Waals surface area contributed by atoms with Crippen LogP contribution in [-0.4, -0.2) is 45.5 Å². The predicted molar refractivity (Wildman–Crippen MR) is 86.1 cm³/mol. The molecule has 0 aliphatic carbocycles. The maximum atomic E-state index is 12.5. The van der Waals surface area contributed by atoms with Crippen molar-refractivity contribution in [2.75, 3.05) is 20.2 Å². The highest BCUT2D eigenvalue weighted by Crippen LogP contribution is 2.26. The average Bonchev–Trinajstić information content (AvgIpc) is 2.96. The van der Waals surface area contributed by atoms with Crippen LogP contribution in [0.5, 0.6) is 0 Å². The molecule has 3 rings (SSSR count). The molecule has 3 heterocycles. The molecule has 2 aromatic rings. The van der Waals surface area contributed by atoms with Crippen LogP contribution in [0.3, 0.4) is 0 Å². The molecular formula is C17H22N4O2. The summed E-state index contributed by atoms with van der Waals surface area (Å²) in [7, 11) is 1.68. The number of hydrogen-bond donors (Lipinski definition) is 0. The van der Waals surface area contributed by atoms with Gasteiger partial charge in [-0.3, -0.25) is 9.78 Å². The number of aromatic nitrogens is 3. The lowest BCUT2D eigenvalue weighted by atomic mass is 10.0. The van der Waals surface area contributed by atoms with Crippen LogP contribution < -0.4 is 0 Å². The number of imidazole rings is 1. The molecule has 6 nitrogen and oxygen atoms in total. The first-order valence-electron chi connectivity index (χ1n) is 7.91. The summed E-state index contributed by atoms with van der Waals surface area (Å²) < 4.78 is 7.50. The van der Waals surface area contributed by atoms with Gasteiger partial charge in [0, 0.05) is 56.1 Å². The summed E-state index contributed by atoms with van der Waals surface area (Å²) in [4.78, 5) is 22.8. The smallest absolute Gasteiger partial charge is 0.253 e. The zero-order valence-corrected chi connectivity index (χ0v) is 13.6. The highest BCUT2D eigenvalue weighted by molar-refractivity contribution is 5.94. The van der Waals surface area contributed by atoms with Crippen molar-refractivity contribution in [2.45, 2.75) is 32.4 Å². The summed E-state index contributed by atoms with van der Waals surface area (Å²) in [6, 6.07) is 3.92. The highest BCUT2D eigenvalue weighted by atomic mass is 16.5. The van der Waals surface area contributed by atoms with Crippen LogP contribution in [0.15, 0.2) is 30.7 Å². The van der Waals surface area contributed by atoms with Crippen molar-refractivity contribution in [1.29, 1.82) is 0 Å². The van der Waals surface area contributed by atoms with Crippen LogP contribution in [0.25, 0.3) is 0 Å². The number of rotatable bonds is 4. The van der Waals surface area contributed by atoms with Gasteiger partial charge in [0.15, 0.2) is 0 Å². The van der Waals surface area contributed by atoms with E-state index >= 15 is 0 Å². The number of pyridine rings is 1. The maximum Gasteiger partial charge on any atom is 0.253 e. The summed E-state index contributed by atoms with van der Waals surface area (Å²) in [5, 5.41) is 0. The molecule has 1 fully saturated rings. The number of aryl methyl sites for hydroxylation is 1. The Morgan fingerprint density at radius 1 is 1.30 bits per heavy atom. The molecule has 0 bridgehead atoms. The fourth-order valence-corrected chi connectivity index (χ4v) is 3.23. The average molecular weight is 314 g/mol. The number of carbonyl (C=O) groups is 1. The lowest BCUT2D eigenvalue weighted by molar-refractivity contribution is 0.0689. The van der Waals surface area contributed by atoms with Crippen molar-refractivity contribution in [3.8, 4) is 0 Å². The molecule has 0 unspecified atom stereocenters. The molecule has 0 saturated carbocycles. The van der Waals surface area contributed by atoms with Gasteiger partial charge in [-0.25, -0.2) is 4.98 Å². The van der Waals surface area contributed by atoms with E-state index in [1.165, 1.54) is 0 Å². The lowest BCUT2D eigenvalue weighted by Crippen LogP contribution is -2.39. The minimum atomic E-state index is 0.0883. The van der Waals surface area contributed by atoms with E-state index in [2.05, 4.69) is 21.5 Å². The molecule has 2 aromatic heterocycles. The van der Waals surface area contributed by atoms with Crippen molar-refractivity contribution in [3.05, 3.63) is 47.8 Å². The van der Waals surface area contributed by atoms with Gasteiger partial charge in [0.2, 0.25) is 0 Å². The van der Waals surface area contributed by atoms with Crippen molar-refractivity contribution < 1.29 is 9.53 Å². The molecular weight excluding hydrogens is 292 g/mol. The largest absolute Gasteiger partial charge is 0.377 e. The van der Waals surface area contributed by atoms with Crippen LogP contribution in [0.2, 0.25) is 0 Å². The Labute approximate surface area is 136 Å². The first-order chi connectivity index (χ1) is 11.2. The van der Waals surface area contributed by atoms with Crippen molar-refractivity contribution in [2.24, 2.45) is 0 Å². The molecule has 0 radical (unpaired) electrons. The minimum Gasteiger partial charge on any atom is -0.377 e. The van der Waals surface area contributed by atoms with Gasteiger partial charge in [0.25, 0.3) is 5.91 Å². The molecule has 23 heavy (non-hydrogen) atoms. The SMILES string of the molecule is COCc1ncc(C)n1C1CCN(C(=O)c2ccncc2)CC1. The Kier molecular flexibility index (Phi) is 4.71. The number of ether oxygens (including phenoxy) is 1. The summed E-state index contributed by atoms with van der Waals surface area (Å²) in [5.41, 5.74) is 1.85. The number of piperidine rings is 1. The van der Waals surface area contributed by atoms with Crippen LogP contribution in [0.1, 0.15) is 40.8 Å². The molecule has 0 spiro atoms. The monoisotopic (exact) mass is 314 g/mol. The minimum absolute atomic E-state index is 0.0883. The van der Waals surface area contributed by atoms with E-state index in [1.807, 2.05) is 11.1 Å². The Morgan fingerprint density at radius 2 is 2.00 bits per heavy atom. The first kappa shape index (κ1) is 15.7. The summed E-state index contributed by atoms with van der Waals surface area (Å²) in [6.45, 7) is 4.11. The number of likely N-dealkylation sites (tertiary alicyclic amines) is 1. The second kappa shape index (κ2) is 6.91. The molecule has 0 atom stereocenters. The van der Waals surface area contributed by atoms with E-state index in [-0.39, 0.29) is 5.91 Å². The number of amides is 1. The Morgan fingerprint density at radius 3 is 2.65 bits per heavy atom. The van der Waals surface area contributed by atoms with Gasteiger partial charge in [-0.05, 0) is 31.9 Å². The van der Waals surface area contributed by atoms with E-state index in [1.54, 1.807) is 31.6 Å². The van der Waals surface area contributed by atoms with Gasteiger partial charge in [0.05, 0.1) is 0 Å². The second-order valence-electron chi connectivity index (χ2n) is 5.88. The number of carbonyl (C=O) groups excluding carboxylic acids is 1. The van der Waals surface area contributed by atoms with E-state index in [0.717, 1.165) is 37.4 Å². The maximum absolute atomic E-state index is 12.5. The third-order valence-electron chi connectivity index (χ3n) is 4.38. The van der Waals surface area contributed by atoms with Crippen LogP contribution in [0, 0.1) is 6.92 Å². The van der Waals surface area contributed by atoms with Gasteiger partial charge >= 0.3 is 0 Å². The molecule has 122 valence electrons. The topological polar surface area (TPSA) is 60.2 Å². The molecule has 1 aliphatic heterocycles. The number of methoxy groups -OCH3 is 1. The number of hydrogen-bond acceptors (Lipinski definition) is 4. The first-order valence-corrected chi connectivity index (χ1v) is 7.91. The number of nitrogens with zero attached hydrogens (tertiary/aromatic N) is 4. The van der Waals surface area contributed by atoms with E-state index < -0.39 is 0 Å². The fourth-order valence-electron chi connectivity index (χ4n) is 3.23. The summed E-state index contributed by atoms with van der Waals surface area (Å²) >= 11 is 0. The molecule has 1 saturated heterocycles. The van der Waals surface area contributed by atoms with Gasteiger partial charge in [0.1, 0.15) is 12.4 Å². The summed E-state index contributed by atoms with van der Waals surface area (Å²) in [6.07, 6.45) is 7.08. The van der Waals surface area contributed by atoms with Crippen LogP contribution in [-0.2, 0) is 11.3 Å². The molecule has 0 aromatic carbocycles. The van der Waals surface area contributed by atoms with Crippen molar-refractivity contribution >= 4 is 5.91 Å². The van der Waals surface area contributed by atoms with Gasteiger partial charge in [-0.2, -0.15) is 0 Å². The van der Waals surface area contributed by atoms with Crippen LogP contribution >= 0.6 is 0 Å². The molecule has 1 amide bonds. The quantitative estimate of drug-likeness (QED) is 0.868. The zero-order valence-electron chi connectivity index (χ0n) is 13.6. The van der Waals surface area contributed by atoms with E-state index in [0.29, 0.717) is 18.2 Å². The summed E-state index contributed by atoms with van der Waals surface area (Å²) in [5.74, 6) is 1.05. The Bertz CT molecular complexity index is 660. The van der Waals surface area contributed by atoms with E-state index in [9.17, 15) is 4.79 Å². The third-order valence-corrected chi connectivity index (χ3v) is 4.38. The van der Waals surface area contributed by atoms with Crippen molar-refractivity contribution in [1.82, 2.24) is 19.4 Å². The van der Waals surface area contributed by atoms with Crippen molar-refractivity contribution in [3.63, 3.8) is 0 Å². The molecule has 0 N–H and O–H groups in total. The highest BCUT2D eigenvalue weighted by Gasteiger charge is 2.26.